The van der Waals surface area contributed by atoms with E-state index < -0.39 is 6.04 Å². The van der Waals surface area contributed by atoms with Crippen molar-refractivity contribution in [2.24, 2.45) is 0 Å². The van der Waals surface area contributed by atoms with Crippen molar-refractivity contribution in [3.05, 3.63) is 46.1 Å². The van der Waals surface area contributed by atoms with Gasteiger partial charge < -0.3 is 20.3 Å². The lowest BCUT2D eigenvalue weighted by Gasteiger charge is -2.25. The monoisotopic (exact) mass is 347 g/mol. The Morgan fingerprint density at radius 1 is 1.25 bits per heavy atom. The quantitative estimate of drug-likeness (QED) is 0.878. The van der Waals surface area contributed by atoms with Crippen LogP contribution in [0.1, 0.15) is 24.4 Å². The van der Waals surface area contributed by atoms with E-state index in [9.17, 15) is 9.59 Å². The number of ether oxygens (including phenoxy) is 1. The van der Waals surface area contributed by atoms with E-state index in [2.05, 4.69) is 10.6 Å². The molecule has 0 aliphatic carbocycles. The molecule has 0 radical (unpaired) electrons. The molecule has 2 atom stereocenters. The number of hydrogen-bond acceptors (Lipinski definition) is 3. The SMILES string of the molecule is O=C1NC2=C(C(=O)N(CC3CCCO3)C2)C(c2ccc(Cl)cc2)N1. The summed E-state index contributed by atoms with van der Waals surface area (Å²) in [4.78, 5) is 26.6. The first-order chi connectivity index (χ1) is 11.6. The number of halogens is 1. The van der Waals surface area contributed by atoms with Gasteiger partial charge in [-0.2, -0.15) is 0 Å². The minimum absolute atomic E-state index is 0.0482. The second-order valence-corrected chi connectivity index (χ2v) is 6.73. The molecule has 0 saturated carbocycles. The molecule has 3 aliphatic heterocycles. The molecule has 3 aliphatic rings. The lowest BCUT2D eigenvalue weighted by atomic mass is 9.96. The molecule has 0 bridgehead atoms. The van der Waals surface area contributed by atoms with E-state index in [1.54, 1.807) is 17.0 Å². The number of nitrogens with one attached hydrogen (secondary N) is 2. The Labute approximate surface area is 144 Å². The van der Waals surface area contributed by atoms with Gasteiger partial charge in [-0.25, -0.2) is 4.79 Å². The maximum atomic E-state index is 12.9. The molecule has 1 aromatic rings. The molecular formula is C17H18ClN3O3. The fourth-order valence-electron chi connectivity index (χ4n) is 3.52. The highest BCUT2D eigenvalue weighted by molar-refractivity contribution is 6.30. The van der Waals surface area contributed by atoms with E-state index in [0.29, 0.717) is 29.4 Å². The summed E-state index contributed by atoms with van der Waals surface area (Å²) in [5.41, 5.74) is 2.13. The second kappa shape index (κ2) is 6.11. The van der Waals surface area contributed by atoms with Gasteiger partial charge in [-0.15, -0.1) is 0 Å². The minimum atomic E-state index is -0.451. The predicted molar refractivity (Wildman–Crippen MR) is 88.4 cm³/mol. The zero-order valence-electron chi connectivity index (χ0n) is 13.0. The molecule has 1 saturated heterocycles. The van der Waals surface area contributed by atoms with Gasteiger partial charge in [-0.3, -0.25) is 4.79 Å². The third-order valence-electron chi connectivity index (χ3n) is 4.67. The smallest absolute Gasteiger partial charge is 0.319 e. The van der Waals surface area contributed by atoms with Crippen LogP contribution in [0.4, 0.5) is 4.79 Å². The van der Waals surface area contributed by atoms with Gasteiger partial charge in [0.15, 0.2) is 0 Å². The maximum absolute atomic E-state index is 12.9. The summed E-state index contributed by atoms with van der Waals surface area (Å²) in [5, 5.41) is 6.23. The number of benzene rings is 1. The molecule has 126 valence electrons. The highest BCUT2D eigenvalue weighted by atomic mass is 35.5. The average Bonchev–Trinajstić information content (AvgIpc) is 3.17. The van der Waals surface area contributed by atoms with Gasteiger partial charge in [0.05, 0.1) is 30.0 Å². The normalized spacial score (nSPS) is 26.5. The molecule has 24 heavy (non-hydrogen) atoms. The van der Waals surface area contributed by atoms with Crippen molar-refractivity contribution in [2.75, 3.05) is 19.7 Å². The number of carbonyl (C=O) groups is 2. The molecule has 0 spiro atoms. The summed E-state index contributed by atoms with van der Waals surface area (Å²) in [6, 6.07) is 6.44. The van der Waals surface area contributed by atoms with E-state index in [-0.39, 0.29) is 18.0 Å². The van der Waals surface area contributed by atoms with Crippen LogP contribution in [-0.2, 0) is 9.53 Å². The van der Waals surface area contributed by atoms with Crippen LogP contribution in [-0.4, -0.2) is 42.6 Å². The molecule has 7 heteroatoms. The first kappa shape index (κ1) is 15.5. The Balaban J connectivity index is 1.60. The fourth-order valence-corrected chi connectivity index (χ4v) is 3.64. The number of nitrogens with zero attached hydrogens (tertiary/aromatic N) is 1. The molecular weight excluding hydrogens is 330 g/mol. The summed E-state index contributed by atoms with van der Waals surface area (Å²) in [7, 11) is 0. The first-order valence-electron chi connectivity index (χ1n) is 8.09. The van der Waals surface area contributed by atoms with Crippen molar-refractivity contribution in [2.45, 2.75) is 25.0 Å². The van der Waals surface area contributed by atoms with E-state index in [1.807, 2.05) is 12.1 Å². The third kappa shape index (κ3) is 2.76. The molecule has 0 aromatic heterocycles. The highest BCUT2D eigenvalue weighted by Crippen LogP contribution is 2.33. The van der Waals surface area contributed by atoms with E-state index >= 15 is 0 Å². The third-order valence-corrected chi connectivity index (χ3v) is 4.92. The Hall–Kier alpha value is -2.05. The summed E-state index contributed by atoms with van der Waals surface area (Å²) in [6.07, 6.45) is 2.10. The summed E-state index contributed by atoms with van der Waals surface area (Å²) < 4.78 is 5.63. The van der Waals surface area contributed by atoms with Crippen molar-refractivity contribution in [3.63, 3.8) is 0 Å². The van der Waals surface area contributed by atoms with Gasteiger partial charge in [0.2, 0.25) is 0 Å². The van der Waals surface area contributed by atoms with Gasteiger partial charge in [0.1, 0.15) is 0 Å². The maximum Gasteiger partial charge on any atom is 0.319 e. The van der Waals surface area contributed by atoms with Gasteiger partial charge in [-0.05, 0) is 30.5 Å². The van der Waals surface area contributed by atoms with Gasteiger partial charge in [0, 0.05) is 18.2 Å². The van der Waals surface area contributed by atoms with E-state index in [1.165, 1.54) is 0 Å². The van der Waals surface area contributed by atoms with Gasteiger partial charge in [-0.1, -0.05) is 23.7 Å². The molecule has 1 aromatic carbocycles. The molecule has 4 rings (SSSR count). The zero-order chi connectivity index (χ0) is 16.7. The van der Waals surface area contributed by atoms with Crippen LogP contribution >= 0.6 is 11.6 Å². The topological polar surface area (TPSA) is 70.7 Å². The Morgan fingerprint density at radius 3 is 2.75 bits per heavy atom. The van der Waals surface area contributed by atoms with Crippen LogP contribution in [0.15, 0.2) is 35.5 Å². The number of carbonyl (C=O) groups excluding carboxylic acids is 2. The summed E-state index contributed by atoms with van der Waals surface area (Å²) >= 11 is 5.94. The molecule has 1 fully saturated rings. The molecule has 6 nitrogen and oxygen atoms in total. The lowest BCUT2D eigenvalue weighted by molar-refractivity contribution is -0.127. The molecule has 2 unspecified atom stereocenters. The van der Waals surface area contributed by atoms with Gasteiger partial charge >= 0.3 is 6.03 Å². The summed E-state index contributed by atoms with van der Waals surface area (Å²) in [5.74, 6) is -0.0482. The average molecular weight is 348 g/mol. The van der Waals surface area contributed by atoms with Crippen molar-refractivity contribution in [1.82, 2.24) is 15.5 Å². The predicted octanol–water partition coefficient (Wildman–Crippen LogP) is 1.97. The largest absolute Gasteiger partial charge is 0.376 e. The first-order valence-corrected chi connectivity index (χ1v) is 8.46. The standard InChI is InChI=1S/C17H18ClN3O3/c18-11-5-3-10(4-6-11)15-14-13(19-17(23)20-15)9-21(16(14)22)8-12-2-1-7-24-12/h3-6,12,15H,1-2,7-9H2,(H2,19,20,23). The van der Waals surface area contributed by atoms with Crippen LogP contribution < -0.4 is 10.6 Å². The van der Waals surface area contributed by atoms with Crippen LogP contribution in [0.5, 0.6) is 0 Å². The Morgan fingerprint density at radius 2 is 2.04 bits per heavy atom. The minimum Gasteiger partial charge on any atom is -0.376 e. The van der Waals surface area contributed by atoms with Crippen molar-refractivity contribution < 1.29 is 14.3 Å². The molecule has 3 amide bonds. The van der Waals surface area contributed by atoms with Crippen LogP contribution in [0.2, 0.25) is 5.02 Å². The number of rotatable bonds is 3. The van der Waals surface area contributed by atoms with Crippen molar-refractivity contribution >= 4 is 23.5 Å². The Kier molecular flexibility index (Phi) is 3.94. The lowest BCUT2D eigenvalue weighted by Crippen LogP contribution is -2.44. The van der Waals surface area contributed by atoms with Crippen LogP contribution in [0, 0.1) is 0 Å². The van der Waals surface area contributed by atoms with Crippen LogP contribution in [0.25, 0.3) is 0 Å². The second-order valence-electron chi connectivity index (χ2n) is 6.30. The Bertz CT molecular complexity index is 710. The van der Waals surface area contributed by atoms with E-state index in [0.717, 1.165) is 25.0 Å². The molecule has 3 heterocycles. The van der Waals surface area contributed by atoms with Crippen LogP contribution in [0.3, 0.4) is 0 Å². The summed E-state index contributed by atoms with van der Waals surface area (Å²) in [6.45, 7) is 1.74. The van der Waals surface area contributed by atoms with Crippen molar-refractivity contribution in [1.29, 1.82) is 0 Å². The molecule has 2 N–H and O–H groups in total. The number of urea groups is 1. The van der Waals surface area contributed by atoms with Crippen molar-refractivity contribution in [3.8, 4) is 0 Å². The highest BCUT2D eigenvalue weighted by Gasteiger charge is 2.41. The zero-order valence-corrected chi connectivity index (χ0v) is 13.8. The fraction of sp³-hybridized carbons (Fsp3) is 0.412. The van der Waals surface area contributed by atoms with Gasteiger partial charge in [0.25, 0.3) is 5.91 Å². The van der Waals surface area contributed by atoms with E-state index in [4.69, 9.17) is 16.3 Å². The number of amides is 3. The number of hydrogen-bond donors (Lipinski definition) is 2.